The van der Waals surface area contributed by atoms with Gasteiger partial charge in [0.1, 0.15) is 11.6 Å². The van der Waals surface area contributed by atoms with Gasteiger partial charge in [-0.1, -0.05) is 18.2 Å². The molecule has 25 heavy (non-hydrogen) atoms. The van der Waals surface area contributed by atoms with Crippen LogP contribution in [0.25, 0.3) is 10.9 Å². The molecule has 0 amide bonds. The van der Waals surface area contributed by atoms with Crippen LogP contribution in [0.4, 0.5) is 5.82 Å². The highest BCUT2D eigenvalue weighted by Gasteiger charge is 2.00. The van der Waals surface area contributed by atoms with Crippen LogP contribution in [0, 0.1) is 0 Å². The van der Waals surface area contributed by atoms with Gasteiger partial charge in [-0.3, -0.25) is 4.99 Å². The number of guanidine groups is 1. The zero-order valence-corrected chi connectivity index (χ0v) is 16.4. The summed E-state index contributed by atoms with van der Waals surface area (Å²) in [5.74, 6) is 2.48. The quantitative estimate of drug-likeness (QED) is 0.232. The van der Waals surface area contributed by atoms with Crippen molar-refractivity contribution in [3.05, 3.63) is 60.6 Å². The lowest BCUT2D eigenvalue weighted by atomic mass is 10.2. The van der Waals surface area contributed by atoms with Crippen molar-refractivity contribution >= 4 is 46.7 Å². The molecule has 3 rings (SSSR count). The molecule has 7 heteroatoms. The van der Waals surface area contributed by atoms with E-state index in [9.17, 15) is 0 Å². The summed E-state index contributed by atoms with van der Waals surface area (Å²) in [4.78, 5) is 8.77. The van der Waals surface area contributed by atoms with E-state index in [1.54, 1.807) is 13.3 Å². The highest BCUT2D eigenvalue weighted by atomic mass is 127. The summed E-state index contributed by atoms with van der Waals surface area (Å²) < 4.78 is 5.28. The minimum Gasteiger partial charge on any atom is -0.467 e. The predicted octanol–water partition coefficient (Wildman–Crippen LogP) is 3.22. The number of nitrogens with one attached hydrogen (secondary N) is 3. The molecule has 0 bridgehead atoms. The molecule has 0 aliphatic carbocycles. The number of furan rings is 1. The van der Waals surface area contributed by atoms with Crippen molar-refractivity contribution in [1.82, 2.24) is 15.6 Å². The third-order valence-corrected chi connectivity index (χ3v) is 3.56. The van der Waals surface area contributed by atoms with Gasteiger partial charge >= 0.3 is 0 Å². The molecule has 6 nitrogen and oxygen atoms in total. The standard InChI is InChI=1S/C18H21N5O.HI/c1-19-18(22-13-15-6-4-12-24-15)21-11-10-20-17-9-8-14-5-2-3-7-16(14)23-17;/h2-9,12H,10-11,13H2,1H3,(H,20,23)(H2,19,21,22);1H. The first-order chi connectivity index (χ1) is 11.8. The Morgan fingerprint density at radius 2 is 1.92 bits per heavy atom. The first-order valence-electron chi connectivity index (χ1n) is 7.92. The van der Waals surface area contributed by atoms with Crippen molar-refractivity contribution in [2.45, 2.75) is 6.54 Å². The third-order valence-electron chi connectivity index (χ3n) is 3.56. The Bertz CT molecular complexity index is 804. The smallest absolute Gasteiger partial charge is 0.191 e. The number of fused-ring (bicyclic) bond motifs is 1. The maximum atomic E-state index is 5.28. The second kappa shape index (κ2) is 9.87. The van der Waals surface area contributed by atoms with E-state index in [0.717, 1.165) is 41.5 Å². The number of aromatic nitrogens is 1. The zero-order chi connectivity index (χ0) is 16.6. The average molecular weight is 451 g/mol. The van der Waals surface area contributed by atoms with Crippen LogP contribution in [-0.4, -0.2) is 31.1 Å². The van der Waals surface area contributed by atoms with Gasteiger partial charge in [0.2, 0.25) is 0 Å². The second-order valence-electron chi connectivity index (χ2n) is 5.25. The summed E-state index contributed by atoms with van der Waals surface area (Å²) in [6.45, 7) is 2.07. The van der Waals surface area contributed by atoms with E-state index in [1.165, 1.54) is 0 Å². The Kier molecular flexibility index (Phi) is 7.52. The second-order valence-corrected chi connectivity index (χ2v) is 5.25. The van der Waals surface area contributed by atoms with Crippen LogP contribution in [0.15, 0.2) is 64.2 Å². The minimum atomic E-state index is 0. The van der Waals surface area contributed by atoms with Gasteiger partial charge in [0.25, 0.3) is 0 Å². The van der Waals surface area contributed by atoms with Gasteiger partial charge in [0.15, 0.2) is 5.96 Å². The summed E-state index contributed by atoms with van der Waals surface area (Å²) >= 11 is 0. The normalized spacial score (nSPS) is 11.0. The zero-order valence-electron chi connectivity index (χ0n) is 14.0. The fourth-order valence-corrected chi connectivity index (χ4v) is 2.34. The Hall–Kier alpha value is -2.29. The van der Waals surface area contributed by atoms with Gasteiger partial charge in [-0.15, -0.1) is 24.0 Å². The number of para-hydroxylation sites is 1. The SMILES string of the molecule is CN=C(NCCNc1ccc2ccccc2n1)NCc1ccco1.I. The predicted molar refractivity (Wildman–Crippen MR) is 113 cm³/mol. The monoisotopic (exact) mass is 451 g/mol. The lowest BCUT2D eigenvalue weighted by Gasteiger charge is -2.12. The van der Waals surface area contributed by atoms with E-state index >= 15 is 0 Å². The van der Waals surface area contributed by atoms with Gasteiger partial charge in [0, 0.05) is 25.5 Å². The van der Waals surface area contributed by atoms with Crippen LogP contribution in [0.1, 0.15) is 5.76 Å². The number of halogens is 1. The molecule has 0 unspecified atom stereocenters. The van der Waals surface area contributed by atoms with Gasteiger partial charge < -0.3 is 20.4 Å². The van der Waals surface area contributed by atoms with Crippen molar-refractivity contribution in [3.8, 4) is 0 Å². The number of anilines is 1. The van der Waals surface area contributed by atoms with Crippen molar-refractivity contribution < 1.29 is 4.42 Å². The lowest BCUT2D eigenvalue weighted by Crippen LogP contribution is -2.39. The molecule has 132 valence electrons. The number of nitrogens with zero attached hydrogens (tertiary/aromatic N) is 2. The third kappa shape index (κ3) is 5.63. The summed E-state index contributed by atoms with van der Waals surface area (Å²) in [7, 11) is 1.75. The van der Waals surface area contributed by atoms with E-state index < -0.39 is 0 Å². The van der Waals surface area contributed by atoms with Crippen LogP contribution in [0.3, 0.4) is 0 Å². The van der Waals surface area contributed by atoms with Gasteiger partial charge in [-0.25, -0.2) is 4.98 Å². The molecule has 0 aliphatic rings. The lowest BCUT2D eigenvalue weighted by molar-refractivity contribution is 0.501. The number of rotatable bonds is 6. The molecule has 0 radical (unpaired) electrons. The Morgan fingerprint density at radius 3 is 2.72 bits per heavy atom. The maximum Gasteiger partial charge on any atom is 0.191 e. The molecule has 0 fully saturated rings. The van der Waals surface area contributed by atoms with Crippen LogP contribution >= 0.6 is 24.0 Å². The number of hydrogen-bond acceptors (Lipinski definition) is 4. The molecule has 2 heterocycles. The fourth-order valence-electron chi connectivity index (χ4n) is 2.34. The molecule has 0 spiro atoms. The van der Waals surface area contributed by atoms with Gasteiger partial charge in [-0.2, -0.15) is 0 Å². The minimum absolute atomic E-state index is 0. The first kappa shape index (κ1) is 19.0. The maximum absolute atomic E-state index is 5.28. The van der Waals surface area contributed by atoms with E-state index in [0.29, 0.717) is 6.54 Å². The van der Waals surface area contributed by atoms with E-state index in [1.807, 2.05) is 36.4 Å². The summed E-state index contributed by atoms with van der Waals surface area (Å²) in [6, 6.07) is 15.9. The number of aliphatic imine (C=N–C) groups is 1. The molecular weight excluding hydrogens is 429 g/mol. The van der Waals surface area contributed by atoms with Crippen molar-refractivity contribution in [2.24, 2.45) is 4.99 Å². The molecule has 0 saturated carbocycles. The molecule has 0 atom stereocenters. The molecule has 3 aromatic rings. The van der Waals surface area contributed by atoms with Crippen molar-refractivity contribution in [2.75, 3.05) is 25.5 Å². The van der Waals surface area contributed by atoms with Crippen LogP contribution in [0.5, 0.6) is 0 Å². The first-order valence-corrected chi connectivity index (χ1v) is 7.92. The summed E-state index contributed by atoms with van der Waals surface area (Å²) in [6.07, 6.45) is 1.66. The number of hydrogen-bond donors (Lipinski definition) is 3. The van der Waals surface area contributed by atoms with E-state index in [-0.39, 0.29) is 24.0 Å². The van der Waals surface area contributed by atoms with E-state index in [2.05, 4.69) is 38.1 Å². The molecule has 1 aromatic carbocycles. The molecule has 0 saturated heterocycles. The number of benzene rings is 1. The van der Waals surface area contributed by atoms with E-state index in [4.69, 9.17) is 4.42 Å². The van der Waals surface area contributed by atoms with Crippen LogP contribution in [-0.2, 0) is 6.54 Å². The van der Waals surface area contributed by atoms with Crippen LogP contribution < -0.4 is 16.0 Å². The highest BCUT2D eigenvalue weighted by molar-refractivity contribution is 14.0. The van der Waals surface area contributed by atoms with Crippen molar-refractivity contribution in [3.63, 3.8) is 0 Å². The molecule has 2 aromatic heterocycles. The Balaban J connectivity index is 0.00000225. The average Bonchev–Trinajstić information content (AvgIpc) is 3.14. The largest absolute Gasteiger partial charge is 0.467 e. The van der Waals surface area contributed by atoms with Crippen molar-refractivity contribution in [1.29, 1.82) is 0 Å². The van der Waals surface area contributed by atoms with Gasteiger partial charge in [-0.05, 0) is 30.3 Å². The molecule has 3 N–H and O–H groups in total. The number of pyridine rings is 1. The highest BCUT2D eigenvalue weighted by Crippen LogP contribution is 2.14. The Labute approximate surface area is 164 Å². The van der Waals surface area contributed by atoms with Gasteiger partial charge in [0.05, 0.1) is 18.3 Å². The Morgan fingerprint density at radius 1 is 1.04 bits per heavy atom. The molecule has 0 aliphatic heterocycles. The molecular formula is C18H22IN5O. The topological polar surface area (TPSA) is 74.5 Å². The summed E-state index contributed by atoms with van der Waals surface area (Å²) in [5, 5.41) is 10.9. The fraction of sp³-hybridized carbons (Fsp3) is 0.222. The van der Waals surface area contributed by atoms with Crippen LogP contribution in [0.2, 0.25) is 0 Å². The summed E-state index contributed by atoms with van der Waals surface area (Å²) in [5.41, 5.74) is 0.992.